The van der Waals surface area contributed by atoms with E-state index in [2.05, 4.69) is 0 Å². The highest BCUT2D eigenvalue weighted by molar-refractivity contribution is 6.63. The highest BCUT2D eigenvalue weighted by Gasteiger charge is 2.24. The zero-order chi connectivity index (χ0) is 11.4. The summed E-state index contributed by atoms with van der Waals surface area (Å²) in [5, 5.41) is 7.20. The number of nitrogens with one attached hydrogen (secondary N) is 1. The van der Waals surface area contributed by atoms with Crippen LogP contribution in [0.5, 0.6) is 0 Å². The van der Waals surface area contributed by atoms with Crippen LogP contribution in [-0.4, -0.2) is 29.6 Å². The summed E-state index contributed by atoms with van der Waals surface area (Å²) in [4.78, 5) is 22.2. The molecule has 80 valence electrons. The lowest BCUT2D eigenvalue weighted by molar-refractivity contribution is -0.146. The van der Waals surface area contributed by atoms with Gasteiger partial charge in [-0.05, 0) is 27.3 Å². The van der Waals surface area contributed by atoms with Gasteiger partial charge in [0.1, 0.15) is 5.60 Å². The van der Waals surface area contributed by atoms with E-state index in [0.29, 0.717) is 0 Å². The molecule has 0 rings (SSSR count). The maximum Gasteiger partial charge on any atom is 0.360 e. The van der Waals surface area contributed by atoms with Gasteiger partial charge in [0.25, 0.3) is 0 Å². The molecule has 0 aliphatic carbocycles. The highest BCUT2D eigenvalue weighted by atomic mass is 16.6. The molecule has 0 aromatic heterocycles. The average molecular weight is 200 g/mol. The number of rotatable bonds is 4. The van der Waals surface area contributed by atoms with Gasteiger partial charge in [0.2, 0.25) is 0 Å². The second kappa shape index (κ2) is 4.85. The van der Waals surface area contributed by atoms with Crippen molar-refractivity contribution < 1.29 is 14.3 Å². The molecule has 0 radical (unpaired) electrons. The van der Waals surface area contributed by atoms with Crippen molar-refractivity contribution in [1.29, 1.82) is 5.41 Å². The number of Topliss-reactive ketones (excluding diaryl/α,β-unsaturated/α-hetero) is 1. The third-order valence-corrected chi connectivity index (χ3v) is 1.25. The fraction of sp³-hybridized carbons (Fsp3) is 0.667. The minimum Gasteiger partial charge on any atom is -0.455 e. The van der Waals surface area contributed by atoms with Crippen LogP contribution in [0.15, 0.2) is 0 Å². The van der Waals surface area contributed by atoms with E-state index < -0.39 is 23.1 Å². The summed E-state index contributed by atoms with van der Waals surface area (Å²) in [5.41, 5.74) is 3.80. The normalized spacial score (nSPS) is 10.9. The van der Waals surface area contributed by atoms with Crippen LogP contribution in [0.1, 0.15) is 27.2 Å². The smallest absolute Gasteiger partial charge is 0.360 e. The largest absolute Gasteiger partial charge is 0.455 e. The Kier molecular flexibility index (Phi) is 4.43. The van der Waals surface area contributed by atoms with Crippen LogP contribution in [0.2, 0.25) is 0 Å². The molecule has 0 fully saturated rings. The number of hydrogen-bond acceptors (Lipinski definition) is 5. The monoisotopic (exact) mass is 200 g/mol. The Balaban J connectivity index is 4.27. The summed E-state index contributed by atoms with van der Waals surface area (Å²) >= 11 is 0. The molecule has 3 N–H and O–H groups in total. The van der Waals surface area contributed by atoms with Gasteiger partial charge in [-0.1, -0.05) is 0 Å². The molecule has 0 atom stereocenters. The third-order valence-electron chi connectivity index (χ3n) is 1.25. The van der Waals surface area contributed by atoms with E-state index in [9.17, 15) is 9.59 Å². The molecule has 0 spiro atoms. The van der Waals surface area contributed by atoms with E-state index in [1.54, 1.807) is 20.8 Å². The summed E-state index contributed by atoms with van der Waals surface area (Å²) in [6, 6.07) is 0. The molecule has 0 saturated carbocycles. The Hall–Kier alpha value is -1.23. The van der Waals surface area contributed by atoms with E-state index >= 15 is 0 Å². The van der Waals surface area contributed by atoms with Crippen molar-refractivity contribution in [2.24, 2.45) is 5.73 Å². The Morgan fingerprint density at radius 3 is 2.21 bits per heavy atom. The number of ether oxygens (including phenoxy) is 1. The fourth-order valence-electron chi connectivity index (χ4n) is 0.699. The minimum absolute atomic E-state index is 0.00191. The standard InChI is InChI=1S/C9H16N2O3/c1-9(2,3)14-8(13)7(11)6(12)4-5-10/h11H,4-5,10H2,1-3H3. The Bertz CT molecular complexity index is 253. The molecule has 0 unspecified atom stereocenters. The number of carbonyl (C=O) groups excluding carboxylic acids is 2. The summed E-state index contributed by atoms with van der Waals surface area (Å²) in [6.07, 6.45) is -0.00191. The van der Waals surface area contributed by atoms with Crippen LogP contribution < -0.4 is 5.73 Å². The van der Waals surface area contributed by atoms with Gasteiger partial charge >= 0.3 is 5.97 Å². The molecule has 14 heavy (non-hydrogen) atoms. The molecule has 0 bridgehead atoms. The molecule has 0 saturated heterocycles. The molecule has 0 amide bonds. The average Bonchev–Trinajstić information content (AvgIpc) is 2.00. The van der Waals surface area contributed by atoms with E-state index in [-0.39, 0.29) is 13.0 Å². The molecule has 0 aromatic rings. The Morgan fingerprint density at radius 2 is 1.86 bits per heavy atom. The van der Waals surface area contributed by atoms with Crippen molar-refractivity contribution in [2.75, 3.05) is 6.54 Å². The van der Waals surface area contributed by atoms with Crippen LogP contribution in [-0.2, 0) is 14.3 Å². The summed E-state index contributed by atoms with van der Waals surface area (Å²) < 4.78 is 4.84. The lowest BCUT2D eigenvalue weighted by atomic mass is 10.1. The number of hydrogen-bond donors (Lipinski definition) is 2. The number of esters is 1. The predicted molar refractivity (Wildman–Crippen MR) is 52.3 cm³/mol. The van der Waals surface area contributed by atoms with Crippen molar-refractivity contribution in [3.05, 3.63) is 0 Å². The number of nitrogens with two attached hydrogens (primary N) is 1. The van der Waals surface area contributed by atoms with Crippen molar-refractivity contribution in [3.8, 4) is 0 Å². The molecular weight excluding hydrogens is 184 g/mol. The molecule has 0 heterocycles. The summed E-state index contributed by atoms with van der Waals surface area (Å²) in [7, 11) is 0. The third kappa shape index (κ3) is 4.71. The van der Waals surface area contributed by atoms with Crippen molar-refractivity contribution in [3.63, 3.8) is 0 Å². The van der Waals surface area contributed by atoms with Crippen molar-refractivity contribution >= 4 is 17.5 Å². The van der Waals surface area contributed by atoms with Crippen LogP contribution >= 0.6 is 0 Å². The van der Waals surface area contributed by atoms with Gasteiger partial charge in [-0.3, -0.25) is 10.2 Å². The topological polar surface area (TPSA) is 93.2 Å². The van der Waals surface area contributed by atoms with Crippen LogP contribution in [0.25, 0.3) is 0 Å². The van der Waals surface area contributed by atoms with E-state index in [1.165, 1.54) is 0 Å². The SMILES string of the molecule is CC(C)(C)OC(=O)C(=N)C(=O)CCN. The van der Waals surface area contributed by atoms with Gasteiger partial charge in [0, 0.05) is 6.42 Å². The van der Waals surface area contributed by atoms with Crippen molar-refractivity contribution in [1.82, 2.24) is 0 Å². The second-order valence-electron chi connectivity index (χ2n) is 3.84. The summed E-state index contributed by atoms with van der Waals surface area (Å²) in [5.74, 6) is -1.47. The van der Waals surface area contributed by atoms with Gasteiger partial charge in [-0.15, -0.1) is 0 Å². The first-order valence-electron chi connectivity index (χ1n) is 4.33. The van der Waals surface area contributed by atoms with Crippen LogP contribution in [0.3, 0.4) is 0 Å². The van der Waals surface area contributed by atoms with Gasteiger partial charge in [0.15, 0.2) is 11.5 Å². The van der Waals surface area contributed by atoms with Gasteiger partial charge in [0.05, 0.1) is 0 Å². The van der Waals surface area contributed by atoms with Gasteiger partial charge in [-0.2, -0.15) is 0 Å². The lowest BCUT2D eigenvalue weighted by Crippen LogP contribution is -2.33. The first-order valence-corrected chi connectivity index (χ1v) is 4.33. The predicted octanol–water partition coefficient (Wildman–Crippen LogP) is 0.266. The number of carbonyl (C=O) groups is 2. The minimum atomic E-state index is -0.893. The molecule has 0 aliphatic heterocycles. The maximum absolute atomic E-state index is 11.2. The molecular formula is C9H16N2O3. The van der Waals surface area contributed by atoms with E-state index in [0.717, 1.165) is 0 Å². The van der Waals surface area contributed by atoms with Crippen molar-refractivity contribution in [2.45, 2.75) is 32.8 Å². The van der Waals surface area contributed by atoms with Crippen LogP contribution in [0.4, 0.5) is 0 Å². The zero-order valence-electron chi connectivity index (χ0n) is 8.72. The molecule has 0 aliphatic rings. The van der Waals surface area contributed by atoms with E-state index in [4.69, 9.17) is 15.9 Å². The quantitative estimate of drug-likeness (QED) is 0.387. The summed E-state index contributed by atoms with van der Waals surface area (Å²) in [6.45, 7) is 5.15. The molecule has 0 aromatic carbocycles. The first kappa shape index (κ1) is 12.8. The Morgan fingerprint density at radius 1 is 1.36 bits per heavy atom. The van der Waals surface area contributed by atoms with Gasteiger partial charge in [-0.25, -0.2) is 4.79 Å². The van der Waals surface area contributed by atoms with Crippen LogP contribution in [0, 0.1) is 5.41 Å². The second-order valence-corrected chi connectivity index (χ2v) is 3.84. The lowest BCUT2D eigenvalue weighted by Gasteiger charge is -2.19. The maximum atomic E-state index is 11.2. The van der Waals surface area contributed by atoms with E-state index in [1.807, 2.05) is 0 Å². The highest BCUT2D eigenvalue weighted by Crippen LogP contribution is 2.07. The Labute approximate surface area is 83.1 Å². The number of ketones is 1. The molecule has 5 heteroatoms. The molecule has 5 nitrogen and oxygen atoms in total. The fourth-order valence-corrected chi connectivity index (χ4v) is 0.699. The zero-order valence-corrected chi connectivity index (χ0v) is 8.72. The first-order chi connectivity index (χ1) is 6.28. The van der Waals surface area contributed by atoms with Gasteiger partial charge < -0.3 is 10.5 Å².